The molecule has 2 aromatic carbocycles. The third-order valence-electron chi connectivity index (χ3n) is 3.45. The molecule has 0 unspecified atom stereocenters. The molecule has 0 aliphatic heterocycles. The van der Waals surface area contributed by atoms with E-state index in [0.717, 1.165) is 18.2 Å². The van der Waals surface area contributed by atoms with Gasteiger partial charge in [0, 0.05) is 0 Å². The predicted molar refractivity (Wildman–Crippen MR) is 90.4 cm³/mol. The number of ether oxygens (including phenoxy) is 1. The number of halogens is 6. The van der Waals surface area contributed by atoms with Crippen LogP contribution in [0, 0.1) is 0 Å². The van der Waals surface area contributed by atoms with Crippen molar-refractivity contribution in [3.05, 3.63) is 59.7 Å². The fourth-order valence-corrected chi connectivity index (χ4v) is 2.22. The van der Waals surface area contributed by atoms with Crippen molar-refractivity contribution < 1.29 is 40.7 Å². The standard InChI is InChI=1S/C18H14F6N2O3/c19-17(20,21)10-25-16(28)11-5-1-3-7-13(11)26-15(27)9-29-14-8-4-2-6-12(14)18(22,23)24/h1-8H,9-10H2,(H,25,28)(H,26,27). The van der Waals surface area contributed by atoms with Gasteiger partial charge in [-0.2, -0.15) is 26.3 Å². The molecule has 0 aliphatic rings. The fraction of sp³-hybridized carbons (Fsp3) is 0.222. The molecular weight excluding hydrogens is 406 g/mol. The van der Waals surface area contributed by atoms with Crippen LogP contribution in [0.3, 0.4) is 0 Å². The molecule has 2 aromatic rings. The molecule has 0 aromatic heterocycles. The van der Waals surface area contributed by atoms with Gasteiger partial charge in [-0.05, 0) is 24.3 Å². The second-order valence-electron chi connectivity index (χ2n) is 5.67. The number of rotatable bonds is 6. The van der Waals surface area contributed by atoms with Gasteiger partial charge in [-0.3, -0.25) is 9.59 Å². The van der Waals surface area contributed by atoms with E-state index in [2.05, 4.69) is 5.32 Å². The molecule has 0 radical (unpaired) electrons. The van der Waals surface area contributed by atoms with Crippen molar-refractivity contribution in [2.45, 2.75) is 12.4 Å². The molecule has 5 nitrogen and oxygen atoms in total. The molecule has 0 fully saturated rings. The first-order valence-corrected chi connectivity index (χ1v) is 8.00. The summed E-state index contributed by atoms with van der Waals surface area (Å²) >= 11 is 0. The van der Waals surface area contributed by atoms with E-state index >= 15 is 0 Å². The third kappa shape index (κ3) is 6.70. The fourth-order valence-electron chi connectivity index (χ4n) is 2.22. The zero-order chi connectivity index (χ0) is 21.7. The van der Waals surface area contributed by atoms with Gasteiger partial charge in [-0.25, -0.2) is 0 Å². The van der Waals surface area contributed by atoms with Crippen LogP contribution in [-0.2, 0) is 11.0 Å². The van der Waals surface area contributed by atoms with Crippen molar-refractivity contribution in [2.75, 3.05) is 18.5 Å². The Morgan fingerprint density at radius 3 is 2.17 bits per heavy atom. The van der Waals surface area contributed by atoms with Crippen LogP contribution in [0.5, 0.6) is 5.75 Å². The maximum atomic E-state index is 12.9. The number of amides is 2. The Bertz CT molecular complexity index is 880. The second kappa shape index (κ2) is 8.84. The normalized spacial score (nSPS) is 11.7. The van der Waals surface area contributed by atoms with Gasteiger partial charge < -0.3 is 15.4 Å². The topological polar surface area (TPSA) is 67.4 Å². The minimum Gasteiger partial charge on any atom is -0.483 e. The highest BCUT2D eigenvalue weighted by Crippen LogP contribution is 2.35. The Kier molecular flexibility index (Phi) is 6.72. The third-order valence-corrected chi connectivity index (χ3v) is 3.45. The number of carbonyl (C=O) groups excluding carboxylic acids is 2. The van der Waals surface area contributed by atoms with Crippen LogP contribution in [0.2, 0.25) is 0 Å². The summed E-state index contributed by atoms with van der Waals surface area (Å²) < 4.78 is 80.4. The van der Waals surface area contributed by atoms with E-state index < -0.39 is 48.6 Å². The molecule has 2 amide bonds. The van der Waals surface area contributed by atoms with E-state index in [-0.39, 0.29) is 11.3 Å². The highest BCUT2D eigenvalue weighted by molar-refractivity contribution is 6.04. The SMILES string of the molecule is O=C(COc1ccccc1C(F)(F)F)Nc1ccccc1C(=O)NCC(F)(F)F. The summed E-state index contributed by atoms with van der Waals surface area (Å²) in [4.78, 5) is 23.9. The first-order valence-electron chi connectivity index (χ1n) is 8.00. The van der Waals surface area contributed by atoms with E-state index in [1.165, 1.54) is 30.3 Å². The van der Waals surface area contributed by atoms with Crippen molar-refractivity contribution in [3.63, 3.8) is 0 Å². The molecule has 0 saturated heterocycles. The lowest BCUT2D eigenvalue weighted by atomic mass is 10.1. The number of anilines is 1. The van der Waals surface area contributed by atoms with Crippen LogP contribution in [0.15, 0.2) is 48.5 Å². The maximum Gasteiger partial charge on any atom is 0.419 e. The number of nitrogens with one attached hydrogen (secondary N) is 2. The van der Waals surface area contributed by atoms with Gasteiger partial charge >= 0.3 is 12.4 Å². The summed E-state index contributed by atoms with van der Waals surface area (Å²) in [6, 6.07) is 9.49. The number of benzene rings is 2. The number of para-hydroxylation sites is 2. The molecule has 2 N–H and O–H groups in total. The van der Waals surface area contributed by atoms with Crippen LogP contribution in [0.25, 0.3) is 0 Å². The lowest BCUT2D eigenvalue weighted by Gasteiger charge is -2.15. The quantitative estimate of drug-likeness (QED) is 0.694. The zero-order valence-corrected chi connectivity index (χ0v) is 14.5. The molecular formula is C18H14F6N2O3. The maximum absolute atomic E-state index is 12.9. The molecule has 0 aliphatic carbocycles. The number of alkyl halides is 6. The summed E-state index contributed by atoms with van der Waals surface area (Å²) in [7, 11) is 0. The first kappa shape index (κ1) is 22.1. The van der Waals surface area contributed by atoms with Crippen molar-refractivity contribution in [3.8, 4) is 5.75 Å². The zero-order valence-electron chi connectivity index (χ0n) is 14.5. The van der Waals surface area contributed by atoms with Gasteiger partial charge in [-0.15, -0.1) is 0 Å². The highest BCUT2D eigenvalue weighted by atomic mass is 19.4. The lowest BCUT2D eigenvalue weighted by molar-refractivity contribution is -0.139. The largest absolute Gasteiger partial charge is 0.483 e. The van der Waals surface area contributed by atoms with Crippen LogP contribution >= 0.6 is 0 Å². The van der Waals surface area contributed by atoms with Crippen molar-refractivity contribution in [1.82, 2.24) is 5.32 Å². The van der Waals surface area contributed by atoms with Gasteiger partial charge in [0.1, 0.15) is 12.3 Å². The number of carbonyl (C=O) groups is 2. The lowest BCUT2D eigenvalue weighted by Crippen LogP contribution is -2.34. The second-order valence-corrected chi connectivity index (χ2v) is 5.67. The number of hydrogen-bond donors (Lipinski definition) is 2. The summed E-state index contributed by atoms with van der Waals surface area (Å²) in [5, 5.41) is 3.89. The Morgan fingerprint density at radius 2 is 1.52 bits per heavy atom. The Balaban J connectivity index is 2.05. The smallest absolute Gasteiger partial charge is 0.419 e. The van der Waals surface area contributed by atoms with E-state index in [1.807, 2.05) is 0 Å². The molecule has 2 rings (SSSR count). The summed E-state index contributed by atoms with van der Waals surface area (Å²) in [5.74, 6) is -2.55. The van der Waals surface area contributed by atoms with Crippen LogP contribution in [0.1, 0.15) is 15.9 Å². The van der Waals surface area contributed by atoms with Crippen molar-refractivity contribution >= 4 is 17.5 Å². The van der Waals surface area contributed by atoms with Gasteiger partial charge in [-0.1, -0.05) is 24.3 Å². The Labute approximate surface area is 160 Å². The predicted octanol–water partition coefficient (Wildman–Crippen LogP) is 4.02. The molecule has 11 heteroatoms. The molecule has 0 bridgehead atoms. The van der Waals surface area contributed by atoms with Gasteiger partial charge in [0.15, 0.2) is 6.61 Å². The van der Waals surface area contributed by atoms with E-state index in [0.29, 0.717) is 0 Å². The molecule has 0 atom stereocenters. The monoisotopic (exact) mass is 420 g/mol. The highest BCUT2D eigenvalue weighted by Gasteiger charge is 2.34. The van der Waals surface area contributed by atoms with E-state index in [4.69, 9.17) is 4.74 Å². The summed E-state index contributed by atoms with van der Waals surface area (Å²) in [5.41, 5.74) is -1.44. The van der Waals surface area contributed by atoms with Gasteiger partial charge in [0.25, 0.3) is 11.8 Å². The molecule has 0 heterocycles. The van der Waals surface area contributed by atoms with Crippen molar-refractivity contribution in [1.29, 1.82) is 0 Å². The average molecular weight is 420 g/mol. The minimum absolute atomic E-state index is 0.120. The van der Waals surface area contributed by atoms with Gasteiger partial charge in [0.05, 0.1) is 16.8 Å². The summed E-state index contributed by atoms with van der Waals surface area (Å²) in [6.45, 7) is -2.38. The van der Waals surface area contributed by atoms with E-state index in [9.17, 15) is 35.9 Å². The minimum atomic E-state index is -4.68. The Hall–Kier alpha value is -3.24. The molecule has 0 spiro atoms. The van der Waals surface area contributed by atoms with Crippen LogP contribution < -0.4 is 15.4 Å². The molecule has 0 saturated carbocycles. The first-order chi connectivity index (χ1) is 13.5. The Morgan fingerprint density at radius 1 is 0.897 bits per heavy atom. The molecule has 156 valence electrons. The number of hydrogen-bond acceptors (Lipinski definition) is 3. The molecule has 29 heavy (non-hydrogen) atoms. The average Bonchev–Trinajstić information content (AvgIpc) is 2.64. The van der Waals surface area contributed by atoms with Crippen molar-refractivity contribution in [2.24, 2.45) is 0 Å². The van der Waals surface area contributed by atoms with Crippen LogP contribution in [-0.4, -0.2) is 31.1 Å². The van der Waals surface area contributed by atoms with E-state index in [1.54, 1.807) is 5.32 Å². The van der Waals surface area contributed by atoms with Crippen LogP contribution in [0.4, 0.5) is 32.0 Å². The summed E-state index contributed by atoms with van der Waals surface area (Å²) in [6.07, 6.45) is -9.30. The van der Waals surface area contributed by atoms with Gasteiger partial charge in [0.2, 0.25) is 0 Å².